The number of carbonyl (C=O) groups is 5. The summed E-state index contributed by atoms with van der Waals surface area (Å²) in [6.45, 7) is 16.5. The second-order valence-electron chi connectivity index (χ2n) is 21.3. The Morgan fingerprint density at radius 3 is 1.83 bits per heavy atom. The second-order valence-corrected chi connectivity index (χ2v) is 26.8. The molecule has 77 heavy (non-hydrogen) atoms. The lowest BCUT2D eigenvalue weighted by Crippen LogP contribution is -2.63. The number of aliphatic carboxylic acids is 1. The monoisotopic (exact) mass is 1080 g/mol. The Morgan fingerprint density at radius 2 is 1.32 bits per heavy atom. The Labute approximate surface area is 451 Å². The minimum absolute atomic E-state index is 0.0487. The molecule has 0 aliphatic carbocycles. The van der Waals surface area contributed by atoms with Gasteiger partial charge in [0.25, 0.3) is 5.56 Å². The van der Waals surface area contributed by atoms with Crippen molar-refractivity contribution in [3.8, 4) is 11.5 Å². The molecule has 5 atom stereocenters. The maximum absolute atomic E-state index is 15.0. The number of nitrogens with one attached hydrogen (secondary N) is 2. The summed E-state index contributed by atoms with van der Waals surface area (Å²) in [7, 11) is 0.467. The van der Waals surface area contributed by atoms with Crippen molar-refractivity contribution in [3.63, 3.8) is 0 Å². The van der Waals surface area contributed by atoms with Gasteiger partial charge in [-0.2, -0.15) is 0 Å². The third-order valence-corrected chi connectivity index (χ3v) is 21.1. The van der Waals surface area contributed by atoms with Crippen molar-refractivity contribution < 1.29 is 57.2 Å². The maximum Gasteiger partial charge on any atom is 0.330 e. The number of esters is 1. The number of aromatic amines is 1. The number of methoxy groups -OCH3 is 2. The number of morpholine rings is 1. The van der Waals surface area contributed by atoms with E-state index < -0.39 is 79.3 Å². The first-order valence-corrected chi connectivity index (χ1v) is 28.5. The lowest BCUT2D eigenvalue weighted by atomic mass is 9.79. The maximum atomic E-state index is 15.0. The van der Waals surface area contributed by atoms with Gasteiger partial charge in [0.2, 0.25) is 17.7 Å². The van der Waals surface area contributed by atoms with Crippen molar-refractivity contribution in [1.82, 2.24) is 24.7 Å². The zero-order valence-corrected chi connectivity index (χ0v) is 47.3. The first kappa shape index (κ1) is 59.6. The average Bonchev–Trinajstić information content (AvgIpc) is 3.43. The van der Waals surface area contributed by atoms with Gasteiger partial charge in [0.15, 0.2) is 14.5 Å². The van der Waals surface area contributed by atoms with E-state index in [1.54, 1.807) is 26.0 Å². The molecule has 19 nitrogen and oxygen atoms in total. The lowest BCUT2D eigenvalue weighted by molar-refractivity contribution is -0.228. The molecule has 0 radical (unpaired) electrons. The second kappa shape index (κ2) is 25.7. The number of piperidine rings is 1. The van der Waals surface area contributed by atoms with Crippen LogP contribution < -0.4 is 26.0 Å². The summed E-state index contributed by atoms with van der Waals surface area (Å²) in [5, 5.41) is 12.5. The molecule has 6 rings (SSSR count). The zero-order chi connectivity index (χ0) is 56.4. The number of benzene rings is 3. The van der Waals surface area contributed by atoms with E-state index in [0.717, 1.165) is 16.7 Å². The summed E-state index contributed by atoms with van der Waals surface area (Å²) >= 11 is 0. The van der Waals surface area contributed by atoms with Crippen LogP contribution in [0.3, 0.4) is 0 Å². The van der Waals surface area contributed by atoms with Gasteiger partial charge in [0.1, 0.15) is 28.8 Å². The number of carboxylic acid groups (broad SMARTS) is 1. The van der Waals surface area contributed by atoms with Crippen molar-refractivity contribution in [2.24, 2.45) is 5.92 Å². The Morgan fingerprint density at radius 1 is 0.779 bits per heavy atom. The quantitative estimate of drug-likeness (QED) is 0.0399. The first-order valence-electron chi connectivity index (χ1n) is 26.3. The predicted molar refractivity (Wildman–Crippen MR) is 290 cm³/mol. The Hall–Kier alpha value is -6.61. The number of likely N-dealkylation sites (tertiary alicyclic amines) is 1. The van der Waals surface area contributed by atoms with Crippen molar-refractivity contribution in [1.29, 1.82) is 0 Å². The van der Waals surface area contributed by atoms with Crippen LogP contribution in [-0.2, 0) is 48.2 Å². The molecule has 1 aromatic heterocycles. The van der Waals surface area contributed by atoms with Gasteiger partial charge < -0.3 is 48.3 Å². The fourth-order valence-corrected chi connectivity index (χ4v) is 17.1. The van der Waals surface area contributed by atoms with E-state index >= 15 is 0 Å². The van der Waals surface area contributed by atoms with Crippen LogP contribution in [0.15, 0.2) is 94.6 Å². The first-order chi connectivity index (χ1) is 36.5. The van der Waals surface area contributed by atoms with E-state index in [1.165, 1.54) is 29.5 Å². The number of aromatic nitrogens is 2. The number of ether oxygens (including phenoxy) is 5. The molecule has 3 aromatic carbocycles. The standard InChI is InChI=1S/C57H77N5O14Si/c1-36(2)77(37(3)4,38(5)6)74-35-56(34-73-57(43-16-13-12-14-17-43,44-20-24-46(71-10)25-21-44)45-22-26-47(72-11)27-23-45)33-61(32-51(76-56)62-29-39(7)54(69)59-55(62)70)50(66)19-15-18-49(65)60-30-42(28-52(67)68)53(75-41(9)64)48(31-60)58-40(8)63/h12-14,16-17,20-27,29,36-38,42,48,51,53H,15,18-19,28,30-35H2,1-11H3,(H,58,63)(H,67,68)(H,59,69,70)/t42-,48-,51+,53+,56-/m0/s1. The van der Waals surface area contributed by atoms with Crippen LogP contribution in [0.4, 0.5) is 0 Å². The molecule has 3 N–H and O–H groups in total. The normalized spacial score (nSPS) is 20.0. The van der Waals surface area contributed by atoms with Crippen molar-refractivity contribution in [2.45, 2.75) is 134 Å². The van der Waals surface area contributed by atoms with Gasteiger partial charge >= 0.3 is 17.6 Å². The Bertz CT molecular complexity index is 2710. The van der Waals surface area contributed by atoms with Gasteiger partial charge in [-0.3, -0.25) is 38.3 Å². The third kappa shape index (κ3) is 13.7. The number of hydrogen-bond acceptors (Lipinski definition) is 13. The van der Waals surface area contributed by atoms with E-state index in [0.29, 0.717) is 11.5 Å². The number of aryl methyl sites for hydroxylation is 1. The van der Waals surface area contributed by atoms with Gasteiger partial charge in [0.05, 0.1) is 53.0 Å². The van der Waals surface area contributed by atoms with Gasteiger partial charge in [-0.05, 0) is 70.9 Å². The summed E-state index contributed by atoms with van der Waals surface area (Å²) in [5.74, 6) is -2.59. The highest BCUT2D eigenvalue weighted by Gasteiger charge is 2.52. The molecule has 2 saturated heterocycles. The molecule has 0 saturated carbocycles. The smallest absolute Gasteiger partial charge is 0.330 e. The molecular weight excluding hydrogens is 1010 g/mol. The molecule has 2 aliphatic rings. The molecular formula is C57H77N5O14Si. The van der Waals surface area contributed by atoms with Crippen LogP contribution in [0.25, 0.3) is 0 Å². The predicted octanol–water partition coefficient (Wildman–Crippen LogP) is 6.70. The minimum Gasteiger partial charge on any atom is -0.497 e. The average molecular weight is 1080 g/mol. The lowest BCUT2D eigenvalue weighted by Gasteiger charge is -2.50. The molecule has 0 bridgehead atoms. The van der Waals surface area contributed by atoms with Crippen LogP contribution in [0.5, 0.6) is 11.5 Å². The highest BCUT2D eigenvalue weighted by molar-refractivity contribution is 6.77. The van der Waals surface area contributed by atoms with Crippen molar-refractivity contribution >= 4 is 38.0 Å². The minimum atomic E-state index is -2.72. The van der Waals surface area contributed by atoms with Crippen LogP contribution in [0, 0.1) is 12.8 Å². The molecule has 20 heteroatoms. The summed E-state index contributed by atoms with van der Waals surface area (Å²) in [6, 6.07) is 24.0. The van der Waals surface area contributed by atoms with Crippen LogP contribution >= 0.6 is 0 Å². The van der Waals surface area contributed by atoms with Gasteiger partial charge in [-0.25, -0.2) is 4.79 Å². The van der Waals surface area contributed by atoms with Gasteiger partial charge in [0, 0.05) is 57.5 Å². The molecule has 0 spiro atoms. The Kier molecular flexibility index (Phi) is 19.9. The largest absolute Gasteiger partial charge is 0.497 e. The molecule has 3 amide bonds. The fraction of sp³-hybridized carbons (Fsp3) is 0.526. The number of amides is 3. The van der Waals surface area contributed by atoms with Gasteiger partial charge in [-0.1, -0.05) is 96.1 Å². The number of hydrogen-bond donors (Lipinski definition) is 3. The summed E-state index contributed by atoms with van der Waals surface area (Å²) in [4.78, 5) is 97.6. The van der Waals surface area contributed by atoms with E-state index in [-0.39, 0.29) is 92.7 Å². The van der Waals surface area contributed by atoms with Gasteiger partial charge in [-0.15, -0.1) is 0 Å². The number of nitrogens with zero attached hydrogens (tertiary/aromatic N) is 3. The molecule has 4 aromatic rings. The number of carbonyl (C=O) groups excluding carboxylic acids is 4. The molecule has 0 unspecified atom stereocenters. The van der Waals surface area contributed by atoms with E-state index in [9.17, 15) is 38.7 Å². The summed E-state index contributed by atoms with van der Waals surface area (Å²) in [6.07, 6.45) is -1.33. The van der Waals surface area contributed by atoms with Crippen molar-refractivity contribution in [3.05, 3.63) is 128 Å². The van der Waals surface area contributed by atoms with E-state index in [1.807, 2.05) is 78.9 Å². The number of carboxylic acids is 1. The molecule has 2 aliphatic heterocycles. The highest BCUT2D eigenvalue weighted by atomic mass is 28.4. The van der Waals surface area contributed by atoms with E-state index in [4.69, 9.17) is 28.1 Å². The Balaban J connectivity index is 1.44. The van der Waals surface area contributed by atoms with Crippen molar-refractivity contribution in [2.75, 3.05) is 53.6 Å². The third-order valence-electron chi connectivity index (χ3n) is 15.1. The zero-order valence-electron chi connectivity index (χ0n) is 46.3. The van der Waals surface area contributed by atoms with Crippen LogP contribution in [-0.4, -0.2) is 134 Å². The van der Waals surface area contributed by atoms with Crippen LogP contribution in [0.2, 0.25) is 16.6 Å². The number of rotatable bonds is 23. The summed E-state index contributed by atoms with van der Waals surface area (Å²) in [5.41, 5.74) is -1.25. The van der Waals surface area contributed by atoms with Crippen LogP contribution in [0.1, 0.15) is 110 Å². The molecule has 2 fully saturated rings. The van der Waals surface area contributed by atoms with E-state index in [2.05, 4.69) is 51.8 Å². The number of H-pyrrole nitrogens is 1. The molecule has 3 heterocycles. The highest BCUT2D eigenvalue weighted by Crippen LogP contribution is 2.46. The molecule has 418 valence electrons. The SMILES string of the molecule is COc1ccc(C(OC[C@]2(CO[Si](C(C)C)(C(C)C)C(C)C)CN(C(=O)CCCC(=O)N3C[C@H](CC(=O)O)[C@@H](OC(C)=O)[C@@H](NC(C)=O)C3)C[C@H](n3cc(C)c(=O)[nH]c3=O)O2)(c2ccccc2)c2ccc(OC)cc2)cc1. The topological polar surface area (TPSA) is 234 Å². The fourth-order valence-electron chi connectivity index (χ4n) is 11.6. The summed E-state index contributed by atoms with van der Waals surface area (Å²) < 4.78 is 40.3.